The second-order valence-corrected chi connectivity index (χ2v) is 5.42. The zero-order chi connectivity index (χ0) is 8.93. The molecular weight excluding hydrogens is 179 g/mol. The second kappa shape index (κ2) is 5.30. The molecule has 1 heterocycles. The molecule has 13 heavy (non-hydrogen) atoms. The fourth-order valence-corrected chi connectivity index (χ4v) is 3.57. The molecule has 0 radical (unpaired) electrons. The lowest BCUT2D eigenvalue weighted by Crippen LogP contribution is -2.18. The lowest BCUT2D eigenvalue weighted by Gasteiger charge is -2.21. The van der Waals surface area contributed by atoms with Crippen LogP contribution in [0.15, 0.2) is 0 Å². The monoisotopic (exact) mass is 198 g/mol. The minimum atomic E-state index is 0.554. The predicted molar refractivity (Wildman–Crippen MR) is 60.2 cm³/mol. The first-order valence-electron chi connectivity index (χ1n) is 5.70. The zero-order valence-electron chi connectivity index (χ0n) is 8.34. The van der Waals surface area contributed by atoms with E-state index in [1.54, 1.807) is 0 Å². The van der Waals surface area contributed by atoms with Crippen molar-refractivity contribution in [1.82, 2.24) is 0 Å². The molecule has 2 fully saturated rings. The van der Waals surface area contributed by atoms with Gasteiger partial charge in [0.05, 0.1) is 0 Å². The topological polar surface area (TPSA) is 9.23 Å². The molecule has 1 saturated carbocycles. The van der Waals surface area contributed by atoms with Crippen LogP contribution in [0.1, 0.15) is 44.9 Å². The Balaban J connectivity index is 1.80. The number of hydrogen-bond donors (Lipinski definition) is 0. The van der Waals surface area contributed by atoms with Gasteiger partial charge in [0.1, 0.15) is 0 Å². The summed E-state index contributed by atoms with van der Waals surface area (Å²) < 4.78 is 5.75. The van der Waals surface area contributed by atoms with Gasteiger partial charge < -0.3 is 4.65 Å². The van der Waals surface area contributed by atoms with Gasteiger partial charge in [-0.25, -0.2) is 0 Å². The van der Waals surface area contributed by atoms with Crippen LogP contribution in [0.3, 0.4) is 0 Å². The molecule has 0 unspecified atom stereocenters. The molecule has 3 heteroatoms. The molecule has 0 N–H and O–H groups in total. The van der Waals surface area contributed by atoms with E-state index < -0.39 is 0 Å². The van der Waals surface area contributed by atoms with E-state index in [2.05, 4.69) is 0 Å². The van der Waals surface area contributed by atoms with Crippen molar-refractivity contribution >= 4 is 17.8 Å². The van der Waals surface area contributed by atoms with Crippen LogP contribution in [0.4, 0.5) is 0 Å². The summed E-state index contributed by atoms with van der Waals surface area (Å²) in [5, 5.41) is 0. The Morgan fingerprint density at radius 3 is 2.31 bits per heavy atom. The summed E-state index contributed by atoms with van der Waals surface area (Å²) >= 11 is 2.04. The van der Waals surface area contributed by atoms with Gasteiger partial charge in [0.2, 0.25) is 0 Å². The molecule has 2 rings (SSSR count). The largest absolute Gasteiger partial charge is 0.425 e. The van der Waals surface area contributed by atoms with Crippen molar-refractivity contribution in [2.24, 2.45) is 0 Å². The Kier molecular flexibility index (Phi) is 4.04. The first-order valence-corrected chi connectivity index (χ1v) is 6.75. The summed E-state index contributed by atoms with van der Waals surface area (Å²) in [4.78, 5) is 0. The van der Waals surface area contributed by atoms with E-state index >= 15 is 0 Å². The third kappa shape index (κ3) is 2.92. The summed E-state index contributed by atoms with van der Waals surface area (Å²) in [6, 6.07) is 0. The molecule has 2 aliphatic rings. The average molecular weight is 198 g/mol. The van der Waals surface area contributed by atoms with Gasteiger partial charge >= 0.3 is 6.19 Å². The molecule has 0 aromatic rings. The fourth-order valence-electron chi connectivity index (χ4n) is 2.41. The quantitative estimate of drug-likeness (QED) is 0.597. The molecule has 0 atom stereocenters. The smallest absolute Gasteiger partial charge is 0.364 e. The van der Waals surface area contributed by atoms with Crippen molar-refractivity contribution in [1.29, 1.82) is 0 Å². The first-order chi connectivity index (χ1) is 6.47. The Labute approximate surface area is 86.0 Å². The Morgan fingerprint density at radius 2 is 1.69 bits per heavy atom. The molecule has 1 saturated heterocycles. The third-order valence-electron chi connectivity index (χ3n) is 3.18. The van der Waals surface area contributed by atoms with E-state index in [0.29, 0.717) is 6.19 Å². The van der Waals surface area contributed by atoms with Gasteiger partial charge in [0.25, 0.3) is 0 Å². The van der Waals surface area contributed by atoms with Crippen LogP contribution in [-0.2, 0) is 4.65 Å². The maximum atomic E-state index is 5.75. The summed E-state index contributed by atoms with van der Waals surface area (Å²) in [7, 11) is 0. The molecule has 0 aromatic carbocycles. The van der Waals surface area contributed by atoms with Gasteiger partial charge in [-0.1, -0.05) is 44.9 Å². The standard InChI is InChI=1S/C10H19BOS/c1-2-4-6-10(7-5-3-1)11-12-8-9-13-11/h10H,1-9H2. The molecule has 1 aliphatic heterocycles. The summed E-state index contributed by atoms with van der Waals surface area (Å²) in [5.74, 6) is 2.09. The molecule has 0 aromatic heterocycles. The SMILES string of the molecule is C1CCCC(B2OCCS2)CCC1. The highest BCUT2D eigenvalue weighted by atomic mass is 32.2. The van der Waals surface area contributed by atoms with E-state index in [0.717, 1.165) is 12.4 Å². The summed E-state index contributed by atoms with van der Waals surface area (Å²) in [5.41, 5.74) is 0. The molecule has 1 nitrogen and oxygen atoms in total. The first kappa shape index (κ1) is 9.91. The summed E-state index contributed by atoms with van der Waals surface area (Å²) in [6.07, 6.45) is 10.6. The zero-order valence-corrected chi connectivity index (χ0v) is 9.15. The third-order valence-corrected chi connectivity index (χ3v) is 4.43. The molecule has 1 aliphatic carbocycles. The number of rotatable bonds is 1. The Hall–Kier alpha value is 0.375. The minimum Gasteiger partial charge on any atom is -0.425 e. The van der Waals surface area contributed by atoms with E-state index in [-0.39, 0.29) is 0 Å². The molecule has 0 spiro atoms. The molecular formula is C10H19BOS. The van der Waals surface area contributed by atoms with E-state index in [1.807, 2.05) is 11.6 Å². The second-order valence-electron chi connectivity index (χ2n) is 4.22. The van der Waals surface area contributed by atoms with Gasteiger partial charge in [-0.05, 0) is 5.82 Å². The lowest BCUT2D eigenvalue weighted by atomic mass is 9.71. The van der Waals surface area contributed by atoms with Crippen LogP contribution in [0.2, 0.25) is 5.82 Å². The van der Waals surface area contributed by atoms with Crippen molar-refractivity contribution < 1.29 is 4.65 Å². The number of hydrogen-bond acceptors (Lipinski definition) is 2. The lowest BCUT2D eigenvalue weighted by molar-refractivity contribution is 0.351. The van der Waals surface area contributed by atoms with Crippen LogP contribution in [0.5, 0.6) is 0 Å². The van der Waals surface area contributed by atoms with Gasteiger partial charge in [0, 0.05) is 12.4 Å². The van der Waals surface area contributed by atoms with E-state index in [9.17, 15) is 0 Å². The van der Waals surface area contributed by atoms with Crippen LogP contribution in [-0.4, -0.2) is 18.6 Å². The van der Waals surface area contributed by atoms with Crippen LogP contribution < -0.4 is 0 Å². The minimum absolute atomic E-state index is 0.554. The highest BCUT2D eigenvalue weighted by Crippen LogP contribution is 2.36. The fraction of sp³-hybridized carbons (Fsp3) is 1.00. The maximum absolute atomic E-state index is 5.75. The van der Waals surface area contributed by atoms with E-state index in [1.165, 1.54) is 50.7 Å². The maximum Gasteiger partial charge on any atom is 0.364 e. The van der Waals surface area contributed by atoms with Gasteiger partial charge in [-0.2, -0.15) is 11.6 Å². The Morgan fingerprint density at radius 1 is 1.00 bits per heavy atom. The highest BCUT2D eigenvalue weighted by molar-refractivity contribution is 8.25. The van der Waals surface area contributed by atoms with Gasteiger partial charge in [0.15, 0.2) is 0 Å². The van der Waals surface area contributed by atoms with Crippen molar-refractivity contribution in [2.75, 3.05) is 12.4 Å². The normalized spacial score (nSPS) is 27.2. The molecule has 0 bridgehead atoms. The Bertz CT molecular complexity index is 140. The van der Waals surface area contributed by atoms with Crippen molar-refractivity contribution in [2.45, 2.75) is 50.8 Å². The summed E-state index contributed by atoms with van der Waals surface area (Å²) in [6.45, 7) is 0.992. The van der Waals surface area contributed by atoms with Gasteiger partial charge in [-0.3, -0.25) is 0 Å². The van der Waals surface area contributed by atoms with Crippen molar-refractivity contribution in [3.8, 4) is 0 Å². The predicted octanol–water partition coefficient (Wildman–Crippen LogP) is 3.35. The highest BCUT2D eigenvalue weighted by Gasteiger charge is 2.31. The van der Waals surface area contributed by atoms with Crippen molar-refractivity contribution in [3.05, 3.63) is 0 Å². The average Bonchev–Trinajstić information content (AvgIpc) is 2.55. The molecule has 74 valence electrons. The van der Waals surface area contributed by atoms with Crippen LogP contribution in [0, 0.1) is 0 Å². The van der Waals surface area contributed by atoms with Crippen LogP contribution in [0.25, 0.3) is 0 Å². The van der Waals surface area contributed by atoms with E-state index in [4.69, 9.17) is 4.65 Å². The molecule has 0 amide bonds. The van der Waals surface area contributed by atoms with Crippen molar-refractivity contribution in [3.63, 3.8) is 0 Å². The van der Waals surface area contributed by atoms with Gasteiger partial charge in [-0.15, -0.1) is 0 Å². The van der Waals surface area contributed by atoms with Crippen LogP contribution >= 0.6 is 11.6 Å².